The molecule has 0 aromatic heterocycles. The molecule has 2 aromatic carbocycles. The van der Waals surface area contributed by atoms with E-state index in [2.05, 4.69) is 5.92 Å². The lowest BCUT2D eigenvalue weighted by atomic mass is 9.84. The monoisotopic (exact) mass is 403 g/mol. The molecule has 152 valence electrons. The number of carbonyl (C=O) groups is 2. The topological polar surface area (TPSA) is 55.4 Å². The minimum Gasteiger partial charge on any atom is -0.444 e. The van der Waals surface area contributed by atoms with Crippen molar-refractivity contribution in [3.05, 3.63) is 71.8 Å². The number of ether oxygens (including phenoxy) is 1. The van der Waals surface area contributed by atoms with Gasteiger partial charge in [-0.2, -0.15) is 13.2 Å². The van der Waals surface area contributed by atoms with Crippen molar-refractivity contribution in [2.24, 2.45) is 0 Å². The van der Waals surface area contributed by atoms with Crippen molar-refractivity contribution in [2.75, 3.05) is 0 Å². The molecule has 1 N–H and O–H groups in total. The van der Waals surface area contributed by atoms with Crippen LogP contribution in [0.1, 0.15) is 31.9 Å². The second kappa shape index (κ2) is 8.39. The first-order chi connectivity index (χ1) is 13.5. The van der Waals surface area contributed by atoms with E-state index in [1.54, 1.807) is 35.6 Å². The molecule has 1 amide bonds. The van der Waals surface area contributed by atoms with E-state index >= 15 is 0 Å². The standard InChI is InChI=1S/C22H20F3NO3/c1-20(2,3)29-19(28)26-21(22(23,24)25,17-12-8-5-9-13-17)18(27)15-14-16-10-6-4-7-11-16/h4-13H,1-3H3,(H,26,28)/t21-/m1/s1. The number of halogens is 3. The van der Waals surface area contributed by atoms with E-state index in [0.29, 0.717) is 5.56 Å². The van der Waals surface area contributed by atoms with Gasteiger partial charge in [-0.3, -0.25) is 10.1 Å². The van der Waals surface area contributed by atoms with Crippen LogP contribution in [0.4, 0.5) is 18.0 Å². The zero-order valence-corrected chi connectivity index (χ0v) is 16.1. The molecule has 0 fully saturated rings. The van der Waals surface area contributed by atoms with E-state index in [1.807, 2.05) is 5.92 Å². The average molecular weight is 403 g/mol. The van der Waals surface area contributed by atoms with Crippen molar-refractivity contribution in [2.45, 2.75) is 38.1 Å². The molecule has 29 heavy (non-hydrogen) atoms. The van der Waals surface area contributed by atoms with Gasteiger partial charge in [-0.1, -0.05) is 54.5 Å². The Bertz CT molecular complexity index is 923. The van der Waals surface area contributed by atoms with Gasteiger partial charge in [0.2, 0.25) is 11.3 Å². The Morgan fingerprint density at radius 3 is 1.90 bits per heavy atom. The van der Waals surface area contributed by atoms with Crippen LogP contribution >= 0.6 is 0 Å². The predicted molar refractivity (Wildman–Crippen MR) is 102 cm³/mol. The van der Waals surface area contributed by atoms with E-state index < -0.39 is 34.8 Å². The SMILES string of the molecule is CC(C)(C)OC(=O)N[C@@](C(=O)C#Cc1ccccc1)(c1ccccc1)C(F)(F)F. The van der Waals surface area contributed by atoms with Gasteiger partial charge in [0.1, 0.15) is 5.60 Å². The number of carbonyl (C=O) groups excluding carboxylic acids is 2. The molecule has 0 aliphatic rings. The molecule has 4 nitrogen and oxygen atoms in total. The van der Waals surface area contributed by atoms with Crippen LogP contribution in [-0.2, 0) is 15.1 Å². The Morgan fingerprint density at radius 2 is 1.41 bits per heavy atom. The van der Waals surface area contributed by atoms with Crippen LogP contribution < -0.4 is 5.32 Å². The molecular formula is C22H20F3NO3. The quantitative estimate of drug-likeness (QED) is 0.763. The Balaban J connectivity index is 2.58. The summed E-state index contributed by atoms with van der Waals surface area (Å²) in [5.74, 6) is 2.93. The largest absolute Gasteiger partial charge is 0.444 e. The Morgan fingerprint density at radius 1 is 0.897 bits per heavy atom. The van der Waals surface area contributed by atoms with Crippen LogP contribution in [0.5, 0.6) is 0 Å². The summed E-state index contributed by atoms with van der Waals surface area (Å²) in [7, 11) is 0. The number of nitrogens with one attached hydrogen (secondary N) is 1. The number of benzene rings is 2. The maximum absolute atomic E-state index is 14.3. The first-order valence-electron chi connectivity index (χ1n) is 8.70. The summed E-state index contributed by atoms with van der Waals surface area (Å²) in [6, 6.07) is 14.5. The van der Waals surface area contributed by atoms with Crippen LogP contribution in [0, 0.1) is 11.8 Å². The molecule has 0 saturated heterocycles. The molecule has 0 heterocycles. The van der Waals surface area contributed by atoms with E-state index in [4.69, 9.17) is 4.74 Å². The van der Waals surface area contributed by atoms with Gasteiger partial charge >= 0.3 is 12.3 Å². The van der Waals surface area contributed by atoms with Crippen LogP contribution in [0.25, 0.3) is 0 Å². The van der Waals surface area contributed by atoms with Gasteiger partial charge in [-0.05, 0) is 44.4 Å². The van der Waals surface area contributed by atoms with Crippen LogP contribution in [0.15, 0.2) is 60.7 Å². The summed E-state index contributed by atoms with van der Waals surface area (Å²) in [5, 5.41) is 1.74. The predicted octanol–water partition coefficient (Wildman–Crippen LogP) is 4.59. The molecule has 0 aliphatic heterocycles. The average Bonchev–Trinajstić information content (AvgIpc) is 2.63. The molecule has 1 atom stereocenters. The molecule has 2 aromatic rings. The highest BCUT2D eigenvalue weighted by Gasteiger charge is 2.62. The minimum absolute atomic E-state index is 0.363. The van der Waals surface area contributed by atoms with Gasteiger partial charge in [0, 0.05) is 5.56 Å². The van der Waals surface area contributed by atoms with Crippen LogP contribution in [-0.4, -0.2) is 23.7 Å². The third-order valence-electron chi connectivity index (χ3n) is 3.76. The lowest BCUT2D eigenvalue weighted by Crippen LogP contribution is -2.61. The van der Waals surface area contributed by atoms with E-state index in [-0.39, 0.29) is 0 Å². The van der Waals surface area contributed by atoms with Crippen molar-refractivity contribution in [1.82, 2.24) is 5.32 Å². The summed E-state index contributed by atoms with van der Waals surface area (Å²) >= 11 is 0. The zero-order chi connectivity index (χ0) is 21.7. The minimum atomic E-state index is -5.17. The highest BCUT2D eigenvalue weighted by Crippen LogP contribution is 2.40. The molecule has 2 rings (SSSR count). The summed E-state index contributed by atoms with van der Waals surface area (Å²) < 4.78 is 47.8. The van der Waals surface area contributed by atoms with Crippen molar-refractivity contribution >= 4 is 11.9 Å². The maximum atomic E-state index is 14.3. The molecule has 0 spiro atoms. The lowest BCUT2D eigenvalue weighted by molar-refractivity contribution is -0.198. The molecule has 0 radical (unpaired) electrons. The normalized spacial score (nSPS) is 13.4. The van der Waals surface area contributed by atoms with Crippen molar-refractivity contribution in [1.29, 1.82) is 0 Å². The van der Waals surface area contributed by atoms with Gasteiger partial charge in [-0.25, -0.2) is 4.79 Å². The highest BCUT2D eigenvalue weighted by atomic mass is 19.4. The summed E-state index contributed by atoms with van der Waals surface area (Å²) in [5.41, 5.74) is -4.54. The van der Waals surface area contributed by atoms with E-state index in [1.165, 1.54) is 39.0 Å². The van der Waals surface area contributed by atoms with Crippen LogP contribution in [0.2, 0.25) is 0 Å². The summed E-state index contributed by atoms with van der Waals surface area (Å²) in [4.78, 5) is 25.1. The molecule has 0 bridgehead atoms. The van der Waals surface area contributed by atoms with Crippen molar-refractivity contribution in [3.8, 4) is 11.8 Å². The smallest absolute Gasteiger partial charge is 0.424 e. The number of hydrogen-bond acceptors (Lipinski definition) is 3. The molecule has 0 unspecified atom stereocenters. The summed E-state index contributed by atoms with van der Waals surface area (Å²) in [6.45, 7) is 4.50. The fourth-order valence-electron chi connectivity index (χ4n) is 2.51. The number of hydrogen-bond donors (Lipinski definition) is 1. The van der Waals surface area contributed by atoms with E-state index in [0.717, 1.165) is 12.1 Å². The first kappa shape index (κ1) is 22.0. The molecule has 0 saturated carbocycles. The molecule has 0 aliphatic carbocycles. The number of rotatable bonds is 3. The number of Topliss-reactive ketones (excluding diaryl/α,β-unsaturated/α-hetero) is 1. The van der Waals surface area contributed by atoms with Gasteiger partial charge in [0.25, 0.3) is 0 Å². The van der Waals surface area contributed by atoms with Crippen molar-refractivity contribution in [3.63, 3.8) is 0 Å². The second-order valence-corrected chi connectivity index (χ2v) is 7.19. The van der Waals surface area contributed by atoms with Gasteiger partial charge < -0.3 is 4.74 Å². The van der Waals surface area contributed by atoms with Gasteiger partial charge in [-0.15, -0.1) is 0 Å². The Kier molecular flexibility index (Phi) is 6.38. The van der Waals surface area contributed by atoms with Crippen LogP contribution in [0.3, 0.4) is 0 Å². The fourth-order valence-corrected chi connectivity index (χ4v) is 2.51. The van der Waals surface area contributed by atoms with E-state index in [9.17, 15) is 22.8 Å². The number of amides is 1. The Labute approximate surface area is 167 Å². The third kappa shape index (κ3) is 5.38. The zero-order valence-electron chi connectivity index (χ0n) is 16.1. The maximum Gasteiger partial charge on any atom is 0.424 e. The van der Waals surface area contributed by atoms with Gasteiger partial charge in [0.05, 0.1) is 0 Å². The summed E-state index contributed by atoms with van der Waals surface area (Å²) in [6.07, 6.45) is -6.55. The van der Waals surface area contributed by atoms with Gasteiger partial charge in [0.15, 0.2) is 0 Å². The number of ketones is 1. The highest BCUT2D eigenvalue weighted by molar-refractivity contribution is 6.06. The fraction of sp³-hybridized carbons (Fsp3) is 0.273. The second-order valence-electron chi connectivity index (χ2n) is 7.19. The number of alkyl carbamates (subject to hydrolysis) is 1. The lowest BCUT2D eigenvalue weighted by Gasteiger charge is -2.34. The molecular weight excluding hydrogens is 383 g/mol. The molecule has 7 heteroatoms. The number of alkyl halides is 3. The third-order valence-corrected chi connectivity index (χ3v) is 3.76. The van der Waals surface area contributed by atoms with Crippen molar-refractivity contribution < 1.29 is 27.5 Å². The first-order valence-corrected chi connectivity index (χ1v) is 8.70. The Hall–Kier alpha value is -3.27.